The van der Waals surface area contributed by atoms with Gasteiger partial charge in [-0.3, -0.25) is 4.98 Å². The normalized spacial score (nSPS) is 10.3. The van der Waals surface area contributed by atoms with E-state index in [9.17, 15) is 0 Å². The summed E-state index contributed by atoms with van der Waals surface area (Å²) < 4.78 is 0. The van der Waals surface area contributed by atoms with Crippen LogP contribution in [0.3, 0.4) is 0 Å². The van der Waals surface area contributed by atoms with Crippen LogP contribution in [0.2, 0.25) is 5.02 Å². The van der Waals surface area contributed by atoms with Crippen LogP contribution in [0.15, 0.2) is 29.8 Å². The Morgan fingerprint density at radius 3 is 2.73 bits per heavy atom. The summed E-state index contributed by atoms with van der Waals surface area (Å²) in [6.45, 7) is 0. The second-order valence-corrected chi connectivity index (χ2v) is 4.30. The Morgan fingerprint density at radius 2 is 2.20 bits per heavy atom. The van der Waals surface area contributed by atoms with Crippen LogP contribution < -0.4 is 5.46 Å². The molecule has 2 N–H and O–H groups in total. The standard InChI is InChI=1S/C9H7BClNO2S/c11-7-4-6(10(13)14)5-12-9(7)8-2-1-3-15-8/h1-5,13-14H. The number of halogens is 1. The molecule has 0 unspecified atom stereocenters. The molecule has 0 aromatic carbocycles. The minimum Gasteiger partial charge on any atom is -0.423 e. The molecular formula is C9H7BClNO2S. The average molecular weight is 239 g/mol. The smallest absolute Gasteiger partial charge is 0.423 e. The molecule has 0 radical (unpaired) electrons. The zero-order valence-corrected chi connectivity index (χ0v) is 9.16. The second kappa shape index (κ2) is 4.32. The van der Waals surface area contributed by atoms with Gasteiger partial charge in [-0.05, 0) is 17.5 Å². The molecule has 2 aromatic heterocycles. The highest BCUT2D eigenvalue weighted by Crippen LogP contribution is 2.28. The number of rotatable bonds is 2. The highest BCUT2D eigenvalue weighted by atomic mass is 35.5. The van der Waals surface area contributed by atoms with Crippen LogP contribution in [0.1, 0.15) is 0 Å². The third-order valence-corrected chi connectivity index (χ3v) is 3.08. The molecular weight excluding hydrogens is 232 g/mol. The van der Waals surface area contributed by atoms with E-state index >= 15 is 0 Å². The van der Waals surface area contributed by atoms with Crippen LogP contribution in [-0.2, 0) is 0 Å². The molecule has 76 valence electrons. The molecule has 2 aromatic rings. The summed E-state index contributed by atoms with van der Waals surface area (Å²) in [5.41, 5.74) is 0.955. The van der Waals surface area contributed by atoms with E-state index in [-0.39, 0.29) is 0 Å². The first-order chi connectivity index (χ1) is 7.18. The molecule has 0 atom stereocenters. The van der Waals surface area contributed by atoms with Gasteiger partial charge in [-0.25, -0.2) is 0 Å². The Morgan fingerprint density at radius 1 is 1.40 bits per heavy atom. The molecule has 2 rings (SSSR count). The predicted octanol–water partition coefficient (Wildman–Crippen LogP) is 1.14. The van der Waals surface area contributed by atoms with Crippen molar-refractivity contribution >= 4 is 35.5 Å². The third-order valence-electron chi connectivity index (χ3n) is 1.92. The number of aromatic nitrogens is 1. The van der Waals surface area contributed by atoms with E-state index in [1.54, 1.807) is 0 Å². The quantitative estimate of drug-likeness (QED) is 0.773. The highest BCUT2D eigenvalue weighted by molar-refractivity contribution is 7.13. The zero-order chi connectivity index (χ0) is 10.8. The molecule has 0 fully saturated rings. The lowest BCUT2D eigenvalue weighted by Gasteiger charge is -2.03. The molecule has 6 heteroatoms. The molecule has 0 aliphatic heterocycles. The molecule has 0 aliphatic rings. The molecule has 2 heterocycles. The highest BCUT2D eigenvalue weighted by Gasteiger charge is 2.14. The van der Waals surface area contributed by atoms with Crippen molar-refractivity contribution < 1.29 is 10.0 Å². The van der Waals surface area contributed by atoms with Crippen molar-refractivity contribution in [2.24, 2.45) is 0 Å². The van der Waals surface area contributed by atoms with Gasteiger partial charge in [0.2, 0.25) is 0 Å². The summed E-state index contributed by atoms with van der Waals surface area (Å²) in [5.74, 6) is 0. The Hall–Kier alpha value is -0.875. The Bertz CT molecular complexity index is 461. The van der Waals surface area contributed by atoms with Gasteiger partial charge in [-0.1, -0.05) is 17.7 Å². The van der Waals surface area contributed by atoms with E-state index in [0.29, 0.717) is 16.2 Å². The largest absolute Gasteiger partial charge is 0.490 e. The zero-order valence-electron chi connectivity index (χ0n) is 7.59. The molecule has 0 bridgehead atoms. The summed E-state index contributed by atoms with van der Waals surface area (Å²) in [4.78, 5) is 5.06. The maximum absolute atomic E-state index is 8.93. The lowest BCUT2D eigenvalue weighted by Crippen LogP contribution is -2.30. The van der Waals surface area contributed by atoms with Gasteiger partial charge in [0.25, 0.3) is 0 Å². The van der Waals surface area contributed by atoms with Gasteiger partial charge in [0.1, 0.15) is 0 Å². The van der Waals surface area contributed by atoms with E-state index in [0.717, 1.165) is 4.88 Å². The van der Waals surface area contributed by atoms with Crippen molar-refractivity contribution in [2.45, 2.75) is 0 Å². The fraction of sp³-hybridized carbons (Fsp3) is 0. The van der Waals surface area contributed by atoms with Crippen LogP contribution in [0.5, 0.6) is 0 Å². The molecule has 3 nitrogen and oxygen atoms in total. The third kappa shape index (κ3) is 2.21. The number of thiophene rings is 1. The van der Waals surface area contributed by atoms with Crippen LogP contribution in [0, 0.1) is 0 Å². The van der Waals surface area contributed by atoms with Gasteiger partial charge in [-0.2, -0.15) is 0 Å². The van der Waals surface area contributed by atoms with Gasteiger partial charge in [-0.15, -0.1) is 11.3 Å². The molecule has 0 amide bonds. The van der Waals surface area contributed by atoms with Crippen LogP contribution in [0.25, 0.3) is 10.6 Å². The molecule has 0 spiro atoms. The maximum atomic E-state index is 8.93. The fourth-order valence-corrected chi connectivity index (χ4v) is 2.26. The molecule has 0 saturated heterocycles. The molecule has 0 aliphatic carbocycles. The summed E-state index contributed by atoms with van der Waals surface area (Å²) in [7, 11) is -1.53. The van der Waals surface area contributed by atoms with E-state index in [4.69, 9.17) is 21.6 Å². The van der Waals surface area contributed by atoms with Crippen molar-refractivity contribution in [3.8, 4) is 10.6 Å². The SMILES string of the molecule is OB(O)c1cnc(-c2cccs2)c(Cl)c1. The predicted molar refractivity (Wildman–Crippen MR) is 62.4 cm³/mol. The van der Waals surface area contributed by atoms with Crippen molar-refractivity contribution in [3.05, 3.63) is 34.8 Å². The maximum Gasteiger partial charge on any atom is 0.490 e. The first-order valence-electron chi connectivity index (χ1n) is 4.24. The summed E-state index contributed by atoms with van der Waals surface area (Å²) >= 11 is 7.52. The van der Waals surface area contributed by atoms with Gasteiger partial charge < -0.3 is 10.0 Å². The van der Waals surface area contributed by atoms with Crippen LogP contribution >= 0.6 is 22.9 Å². The van der Waals surface area contributed by atoms with E-state index in [1.165, 1.54) is 23.6 Å². The molecule has 15 heavy (non-hydrogen) atoms. The number of hydrogen-bond acceptors (Lipinski definition) is 4. The van der Waals surface area contributed by atoms with Gasteiger partial charge >= 0.3 is 7.12 Å². The topological polar surface area (TPSA) is 53.4 Å². The molecule has 0 saturated carbocycles. The lowest BCUT2D eigenvalue weighted by molar-refractivity contribution is 0.425. The van der Waals surface area contributed by atoms with Crippen molar-refractivity contribution in [3.63, 3.8) is 0 Å². The van der Waals surface area contributed by atoms with Crippen molar-refractivity contribution in [2.75, 3.05) is 0 Å². The minimum absolute atomic E-state index is 0.292. The van der Waals surface area contributed by atoms with E-state index < -0.39 is 7.12 Å². The Balaban J connectivity index is 2.44. The Kier molecular flexibility index (Phi) is 3.07. The summed E-state index contributed by atoms with van der Waals surface area (Å²) in [6, 6.07) is 5.33. The number of nitrogens with zero attached hydrogens (tertiary/aromatic N) is 1. The van der Waals surface area contributed by atoms with Gasteiger partial charge in [0.15, 0.2) is 0 Å². The first kappa shape index (κ1) is 10.6. The number of pyridine rings is 1. The van der Waals surface area contributed by atoms with Gasteiger partial charge in [0.05, 0.1) is 15.6 Å². The lowest BCUT2D eigenvalue weighted by atomic mass is 9.81. The first-order valence-corrected chi connectivity index (χ1v) is 5.49. The van der Waals surface area contributed by atoms with Crippen LogP contribution in [-0.4, -0.2) is 22.2 Å². The van der Waals surface area contributed by atoms with Gasteiger partial charge in [0, 0.05) is 11.7 Å². The van der Waals surface area contributed by atoms with Crippen molar-refractivity contribution in [1.82, 2.24) is 4.98 Å². The van der Waals surface area contributed by atoms with E-state index in [2.05, 4.69) is 4.98 Å². The monoisotopic (exact) mass is 239 g/mol. The minimum atomic E-state index is -1.53. The van der Waals surface area contributed by atoms with E-state index in [1.807, 2.05) is 17.5 Å². The average Bonchev–Trinajstić information content (AvgIpc) is 2.70. The number of hydrogen-bond donors (Lipinski definition) is 2. The van der Waals surface area contributed by atoms with Crippen LogP contribution in [0.4, 0.5) is 0 Å². The second-order valence-electron chi connectivity index (χ2n) is 2.95. The Labute approximate surface area is 96.1 Å². The van der Waals surface area contributed by atoms with Crippen molar-refractivity contribution in [1.29, 1.82) is 0 Å². The summed E-state index contributed by atoms with van der Waals surface area (Å²) in [5, 5.41) is 20.2. The fourth-order valence-electron chi connectivity index (χ4n) is 1.19. The summed E-state index contributed by atoms with van der Waals surface area (Å²) in [6.07, 6.45) is 1.41.